The number of aromatic nitrogens is 2. The first-order chi connectivity index (χ1) is 11.2. The van der Waals surface area contributed by atoms with Crippen molar-refractivity contribution in [1.82, 2.24) is 9.97 Å². The van der Waals surface area contributed by atoms with Crippen LogP contribution in [0.25, 0.3) is 0 Å². The molecular formula is C15H11FN4O3. The van der Waals surface area contributed by atoms with Crippen molar-refractivity contribution in [2.45, 2.75) is 0 Å². The average Bonchev–Trinajstić information content (AvgIpc) is 2.55. The molecule has 1 amide bonds. The van der Waals surface area contributed by atoms with Gasteiger partial charge in [-0.3, -0.25) is 10.3 Å². The molecule has 0 aliphatic heterocycles. The van der Waals surface area contributed by atoms with Crippen molar-refractivity contribution < 1.29 is 19.1 Å². The molecule has 2 heterocycles. The number of hydrogen-bond donors (Lipinski definition) is 2. The zero-order valence-corrected chi connectivity index (χ0v) is 11.7. The van der Waals surface area contributed by atoms with Gasteiger partial charge in [0.05, 0.1) is 6.21 Å². The first-order valence-electron chi connectivity index (χ1n) is 6.35. The molecule has 0 unspecified atom stereocenters. The van der Waals surface area contributed by atoms with Crippen molar-refractivity contribution in [3.05, 3.63) is 53.9 Å². The van der Waals surface area contributed by atoms with E-state index in [4.69, 9.17) is 9.94 Å². The smallest absolute Gasteiger partial charge is 0.412 e. The maximum atomic E-state index is 13.3. The molecule has 2 N–H and O–H groups in total. The van der Waals surface area contributed by atoms with Crippen LogP contribution in [0.1, 0.15) is 11.4 Å². The van der Waals surface area contributed by atoms with Gasteiger partial charge in [-0.05, 0) is 30.2 Å². The number of rotatable bonds is 3. The minimum absolute atomic E-state index is 0.143. The minimum atomic E-state index is -0.661. The van der Waals surface area contributed by atoms with Gasteiger partial charge in [-0.25, -0.2) is 14.2 Å². The number of hydrogen-bond acceptors (Lipinski definition) is 6. The third-order valence-corrected chi connectivity index (χ3v) is 2.47. The second-order valence-electron chi connectivity index (χ2n) is 4.05. The lowest BCUT2D eigenvalue weighted by Crippen LogP contribution is -2.13. The van der Waals surface area contributed by atoms with Gasteiger partial charge in [0.25, 0.3) is 0 Å². The van der Waals surface area contributed by atoms with Crippen molar-refractivity contribution in [2.24, 2.45) is 5.16 Å². The van der Waals surface area contributed by atoms with Gasteiger partial charge < -0.3 is 9.94 Å². The fraction of sp³-hybridized carbons (Fsp3) is 0.0667. The van der Waals surface area contributed by atoms with E-state index in [1.54, 1.807) is 12.1 Å². The highest BCUT2D eigenvalue weighted by Crippen LogP contribution is 2.04. The molecule has 2 aromatic rings. The Hall–Kier alpha value is -3.47. The van der Waals surface area contributed by atoms with Crippen LogP contribution in [0.3, 0.4) is 0 Å². The molecule has 0 aliphatic carbocycles. The van der Waals surface area contributed by atoms with Crippen LogP contribution in [0.2, 0.25) is 0 Å². The van der Waals surface area contributed by atoms with Gasteiger partial charge in [0, 0.05) is 18.1 Å². The molecule has 0 saturated carbocycles. The van der Waals surface area contributed by atoms with Crippen molar-refractivity contribution in [3.63, 3.8) is 0 Å². The van der Waals surface area contributed by atoms with Crippen molar-refractivity contribution in [1.29, 1.82) is 0 Å². The Kier molecular flexibility index (Phi) is 5.60. The first kappa shape index (κ1) is 15.9. The van der Waals surface area contributed by atoms with Gasteiger partial charge in [0.15, 0.2) is 12.4 Å². The summed E-state index contributed by atoms with van der Waals surface area (Å²) in [6, 6.07) is 5.72. The summed E-state index contributed by atoms with van der Waals surface area (Å²) in [7, 11) is 0. The summed E-state index contributed by atoms with van der Waals surface area (Å²) in [6.45, 7) is -0.167. The third kappa shape index (κ3) is 5.09. The van der Waals surface area contributed by atoms with E-state index in [0.717, 1.165) is 12.3 Å². The highest BCUT2D eigenvalue weighted by molar-refractivity contribution is 5.84. The number of nitrogens with one attached hydrogen (secondary N) is 1. The topological polar surface area (TPSA) is 96.7 Å². The molecule has 0 saturated heterocycles. The van der Waals surface area contributed by atoms with Crippen molar-refractivity contribution in [2.75, 3.05) is 11.9 Å². The minimum Gasteiger partial charge on any atom is -0.436 e. The van der Waals surface area contributed by atoms with E-state index in [1.165, 1.54) is 18.5 Å². The Labute approximate surface area is 130 Å². The Morgan fingerprint density at radius 2 is 2.17 bits per heavy atom. The highest BCUT2D eigenvalue weighted by atomic mass is 19.1. The van der Waals surface area contributed by atoms with Gasteiger partial charge in [-0.1, -0.05) is 11.1 Å². The Bertz CT molecular complexity index is 769. The van der Waals surface area contributed by atoms with E-state index in [9.17, 15) is 9.18 Å². The molecule has 0 bridgehead atoms. The summed E-state index contributed by atoms with van der Waals surface area (Å²) in [5.41, 5.74) is 0.654. The summed E-state index contributed by atoms with van der Waals surface area (Å²) in [4.78, 5) is 19.1. The van der Waals surface area contributed by atoms with Gasteiger partial charge in [-0.15, -0.1) is 0 Å². The normalized spacial score (nSPS) is 9.96. The standard InChI is InChI=1S/C15H11FN4O3/c16-13-4-3-11(19-14(13)10-18-22)2-1-9-23-15(21)20-12-5-7-17-8-6-12/h3-8,10,22H,9H2,(H,17,20,21). The number of anilines is 1. The molecule has 0 spiro atoms. The number of nitrogens with zero attached hydrogens (tertiary/aromatic N) is 3. The summed E-state index contributed by atoms with van der Waals surface area (Å²) >= 11 is 0. The largest absolute Gasteiger partial charge is 0.436 e. The van der Waals surface area contributed by atoms with Crippen LogP contribution in [0.4, 0.5) is 14.9 Å². The molecule has 7 nitrogen and oxygen atoms in total. The Balaban J connectivity index is 1.88. The number of carbonyl (C=O) groups excluding carboxylic acids is 1. The molecule has 0 atom stereocenters. The molecule has 0 aromatic carbocycles. The molecule has 0 aliphatic rings. The summed E-state index contributed by atoms with van der Waals surface area (Å²) < 4.78 is 18.1. The quantitative estimate of drug-likeness (QED) is 0.391. The molecule has 0 radical (unpaired) electrons. The zero-order valence-electron chi connectivity index (χ0n) is 11.7. The van der Waals surface area contributed by atoms with Crippen LogP contribution < -0.4 is 5.32 Å². The van der Waals surface area contributed by atoms with Gasteiger partial charge in [0.1, 0.15) is 11.4 Å². The van der Waals surface area contributed by atoms with Crippen molar-refractivity contribution >= 4 is 18.0 Å². The molecular weight excluding hydrogens is 303 g/mol. The number of oxime groups is 1. The predicted molar refractivity (Wildman–Crippen MR) is 79.7 cm³/mol. The number of pyridine rings is 2. The summed E-state index contributed by atoms with van der Waals surface area (Å²) in [5, 5.41) is 13.6. The van der Waals surface area contributed by atoms with E-state index in [1.807, 2.05) is 0 Å². The van der Waals surface area contributed by atoms with Crippen LogP contribution in [0.5, 0.6) is 0 Å². The van der Waals surface area contributed by atoms with Gasteiger partial charge in [0.2, 0.25) is 0 Å². The number of carbonyl (C=O) groups is 1. The van der Waals surface area contributed by atoms with E-state index >= 15 is 0 Å². The van der Waals surface area contributed by atoms with Crippen LogP contribution in [0, 0.1) is 17.7 Å². The van der Waals surface area contributed by atoms with Crippen LogP contribution in [0.15, 0.2) is 41.8 Å². The van der Waals surface area contributed by atoms with E-state index < -0.39 is 11.9 Å². The SMILES string of the molecule is O=C(Nc1ccncc1)OCC#Cc1ccc(F)c(C=NO)n1. The lowest BCUT2D eigenvalue weighted by atomic mass is 10.3. The van der Waals surface area contributed by atoms with Crippen LogP contribution in [-0.2, 0) is 4.74 Å². The van der Waals surface area contributed by atoms with Gasteiger partial charge >= 0.3 is 6.09 Å². The fourth-order valence-electron chi connectivity index (χ4n) is 1.49. The third-order valence-electron chi connectivity index (χ3n) is 2.47. The number of amides is 1. The Morgan fingerprint density at radius 1 is 1.39 bits per heavy atom. The van der Waals surface area contributed by atoms with E-state index in [2.05, 4.69) is 32.3 Å². The molecule has 2 rings (SSSR count). The molecule has 0 fully saturated rings. The molecule has 116 valence electrons. The number of halogens is 1. The van der Waals surface area contributed by atoms with Crippen molar-refractivity contribution in [3.8, 4) is 11.8 Å². The predicted octanol–water partition coefficient (Wildman–Crippen LogP) is 2.02. The molecule has 23 heavy (non-hydrogen) atoms. The zero-order chi connectivity index (χ0) is 16.5. The van der Waals surface area contributed by atoms with Gasteiger partial charge in [-0.2, -0.15) is 0 Å². The second kappa shape index (κ2) is 8.09. The first-order valence-corrected chi connectivity index (χ1v) is 6.35. The lowest BCUT2D eigenvalue weighted by molar-refractivity contribution is 0.176. The summed E-state index contributed by atoms with van der Waals surface area (Å²) in [5.74, 6) is 4.54. The second-order valence-corrected chi connectivity index (χ2v) is 4.05. The highest BCUT2D eigenvalue weighted by Gasteiger charge is 2.02. The maximum absolute atomic E-state index is 13.3. The fourth-order valence-corrected chi connectivity index (χ4v) is 1.49. The lowest BCUT2D eigenvalue weighted by Gasteiger charge is -2.03. The monoisotopic (exact) mass is 314 g/mol. The average molecular weight is 314 g/mol. The van der Waals surface area contributed by atoms with Crippen LogP contribution >= 0.6 is 0 Å². The maximum Gasteiger partial charge on any atom is 0.412 e. The number of ether oxygens (including phenoxy) is 1. The van der Waals surface area contributed by atoms with E-state index in [0.29, 0.717) is 5.69 Å². The van der Waals surface area contributed by atoms with Crippen LogP contribution in [-0.4, -0.2) is 34.1 Å². The molecule has 2 aromatic heterocycles. The summed E-state index contributed by atoms with van der Waals surface area (Å²) in [6.07, 6.45) is 3.26. The van der Waals surface area contributed by atoms with E-state index in [-0.39, 0.29) is 18.0 Å². The Morgan fingerprint density at radius 3 is 2.91 bits per heavy atom. The molecule has 8 heteroatoms.